The van der Waals surface area contributed by atoms with E-state index in [0.29, 0.717) is 5.56 Å². The zero-order valence-corrected chi connectivity index (χ0v) is 11.0. The fourth-order valence-electron chi connectivity index (χ4n) is 1.37. The molecule has 0 spiro atoms. The Bertz CT molecular complexity index is 380. The molecule has 0 saturated heterocycles. The standard InChI is InChI=1S/C12H14BrF3/c1-4-11(2,3)8-5-6-10(13)9(7-8)12(14,15)16/h5-7H,4H2,1-3H3. The first-order chi connectivity index (χ1) is 7.18. The maximum absolute atomic E-state index is 12.7. The van der Waals surface area contributed by atoms with E-state index in [4.69, 9.17) is 0 Å². The molecule has 90 valence electrons. The molecule has 0 bridgehead atoms. The van der Waals surface area contributed by atoms with Gasteiger partial charge < -0.3 is 0 Å². The second-order valence-electron chi connectivity index (χ2n) is 4.43. The minimum absolute atomic E-state index is 0.0932. The van der Waals surface area contributed by atoms with Gasteiger partial charge in [0.2, 0.25) is 0 Å². The Morgan fingerprint density at radius 3 is 2.19 bits per heavy atom. The van der Waals surface area contributed by atoms with Gasteiger partial charge in [-0.3, -0.25) is 0 Å². The van der Waals surface area contributed by atoms with Crippen molar-refractivity contribution in [3.8, 4) is 0 Å². The second kappa shape index (κ2) is 4.40. The summed E-state index contributed by atoms with van der Waals surface area (Å²) in [6.45, 7) is 5.85. The van der Waals surface area contributed by atoms with Crippen LogP contribution < -0.4 is 0 Å². The largest absolute Gasteiger partial charge is 0.417 e. The summed E-state index contributed by atoms with van der Waals surface area (Å²) in [4.78, 5) is 0. The third kappa shape index (κ3) is 2.78. The molecule has 1 aromatic carbocycles. The summed E-state index contributed by atoms with van der Waals surface area (Å²) in [6.07, 6.45) is -3.51. The van der Waals surface area contributed by atoms with E-state index in [9.17, 15) is 13.2 Å². The highest BCUT2D eigenvalue weighted by Gasteiger charge is 2.34. The van der Waals surface area contributed by atoms with Gasteiger partial charge >= 0.3 is 6.18 Å². The Labute approximate surface area is 102 Å². The predicted molar refractivity (Wildman–Crippen MR) is 62.5 cm³/mol. The van der Waals surface area contributed by atoms with E-state index in [1.54, 1.807) is 6.07 Å². The first kappa shape index (κ1) is 13.6. The molecule has 0 aliphatic rings. The summed E-state index contributed by atoms with van der Waals surface area (Å²) in [5.74, 6) is 0. The van der Waals surface area contributed by atoms with Crippen molar-refractivity contribution in [2.45, 2.75) is 38.8 Å². The predicted octanol–water partition coefficient (Wildman–Crippen LogP) is 5.16. The Hall–Kier alpha value is -0.510. The summed E-state index contributed by atoms with van der Waals surface area (Å²) in [6, 6.07) is 4.44. The number of hydrogen-bond acceptors (Lipinski definition) is 0. The number of benzene rings is 1. The number of hydrogen-bond donors (Lipinski definition) is 0. The van der Waals surface area contributed by atoms with Crippen LogP contribution >= 0.6 is 15.9 Å². The molecule has 0 aromatic heterocycles. The van der Waals surface area contributed by atoms with Crippen LogP contribution in [-0.2, 0) is 11.6 Å². The molecule has 0 nitrogen and oxygen atoms in total. The van der Waals surface area contributed by atoms with Gasteiger partial charge in [0.25, 0.3) is 0 Å². The molecule has 0 fully saturated rings. The van der Waals surface area contributed by atoms with Gasteiger partial charge in [0.05, 0.1) is 5.56 Å². The van der Waals surface area contributed by atoms with Crippen LogP contribution in [0.4, 0.5) is 13.2 Å². The topological polar surface area (TPSA) is 0 Å². The zero-order chi connectivity index (χ0) is 12.6. The lowest BCUT2D eigenvalue weighted by Gasteiger charge is -2.24. The van der Waals surface area contributed by atoms with Crippen LogP contribution in [0.15, 0.2) is 22.7 Å². The van der Waals surface area contributed by atoms with Crippen LogP contribution in [0.3, 0.4) is 0 Å². The molecule has 0 amide bonds. The van der Waals surface area contributed by atoms with Gasteiger partial charge in [0.15, 0.2) is 0 Å². The lowest BCUT2D eigenvalue weighted by molar-refractivity contribution is -0.138. The van der Waals surface area contributed by atoms with E-state index in [0.717, 1.165) is 6.42 Å². The molecule has 16 heavy (non-hydrogen) atoms. The molecular weight excluding hydrogens is 281 g/mol. The molecule has 0 atom stereocenters. The molecule has 0 saturated carbocycles. The number of rotatable bonds is 2. The van der Waals surface area contributed by atoms with Gasteiger partial charge in [-0.25, -0.2) is 0 Å². The molecule has 0 N–H and O–H groups in total. The van der Waals surface area contributed by atoms with E-state index in [2.05, 4.69) is 15.9 Å². The van der Waals surface area contributed by atoms with E-state index >= 15 is 0 Å². The van der Waals surface area contributed by atoms with Crippen molar-refractivity contribution < 1.29 is 13.2 Å². The third-order valence-electron chi connectivity index (χ3n) is 2.94. The number of halogens is 4. The average Bonchev–Trinajstić information content (AvgIpc) is 2.16. The van der Waals surface area contributed by atoms with Crippen LogP contribution in [-0.4, -0.2) is 0 Å². The summed E-state index contributed by atoms with van der Waals surface area (Å²) in [5.41, 5.74) is -0.127. The third-order valence-corrected chi connectivity index (χ3v) is 3.63. The lowest BCUT2D eigenvalue weighted by Crippen LogP contribution is -2.17. The van der Waals surface area contributed by atoms with Crippen molar-refractivity contribution >= 4 is 15.9 Å². The first-order valence-corrected chi connectivity index (χ1v) is 5.85. The second-order valence-corrected chi connectivity index (χ2v) is 5.28. The maximum Gasteiger partial charge on any atom is 0.417 e. The lowest BCUT2D eigenvalue weighted by atomic mass is 9.81. The molecular formula is C12H14BrF3. The minimum Gasteiger partial charge on any atom is -0.166 e. The monoisotopic (exact) mass is 294 g/mol. The highest BCUT2D eigenvalue weighted by atomic mass is 79.9. The van der Waals surface area contributed by atoms with Crippen molar-refractivity contribution in [1.29, 1.82) is 0 Å². The SMILES string of the molecule is CCC(C)(C)c1ccc(Br)c(C(F)(F)F)c1. The number of alkyl halides is 3. The van der Waals surface area contributed by atoms with Gasteiger partial charge in [0.1, 0.15) is 0 Å². The van der Waals surface area contributed by atoms with Gasteiger partial charge in [-0.05, 0) is 29.5 Å². The Morgan fingerprint density at radius 2 is 1.75 bits per heavy atom. The highest BCUT2D eigenvalue weighted by Crippen LogP contribution is 2.38. The van der Waals surface area contributed by atoms with Gasteiger partial charge in [-0.1, -0.05) is 42.8 Å². The quantitative estimate of drug-likeness (QED) is 0.707. The van der Waals surface area contributed by atoms with Crippen LogP contribution in [0.2, 0.25) is 0 Å². The summed E-state index contributed by atoms with van der Waals surface area (Å²) in [5, 5.41) is 0. The van der Waals surface area contributed by atoms with Crippen molar-refractivity contribution in [3.63, 3.8) is 0 Å². The van der Waals surface area contributed by atoms with E-state index in [1.165, 1.54) is 12.1 Å². The Morgan fingerprint density at radius 1 is 1.19 bits per heavy atom. The Kier molecular flexibility index (Phi) is 3.72. The Balaban J connectivity index is 3.29. The normalized spacial score (nSPS) is 12.9. The molecule has 4 heteroatoms. The zero-order valence-electron chi connectivity index (χ0n) is 9.45. The maximum atomic E-state index is 12.7. The molecule has 0 unspecified atom stereocenters. The van der Waals surface area contributed by atoms with Crippen LogP contribution in [0.25, 0.3) is 0 Å². The van der Waals surface area contributed by atoms with Crippen molar-refractivity contribution in [2.75, 3.05) is 0 Å². The minimum atomic E-state index is -4.31. The van der Waals surface area contributed by atoms with Gasteiger partial charge in [0, 0.05) is 4.47 Å². The average molecular weight is 295 g/mol. The van der Waals surface area contributed by atoms with Crippen LogP contribution in [0, 0.1) is 0 Å². The van der Waals surface area contributed by atoms with Gasteiger partial charge in [-0.15, -0.1) is 0 Å². The molecule has 0 radical (unpaired) electrons. The molecule has 0 aliphatic heterocycles. The van der Waals surface area contributed by atoms with Crippen molar-refractivity contribution in [1.82, 2.24) is 0 Å². The van der Waals surface area contributed by atoms with Gasteiger partial charge in [-0.2, -0.15) is 13.2 Å². The van der Waals surface area contributed by atoms with Crippen molar-refractivity contribution in [2.24, 2.45) is 0 Å². The van der Waals surface area contributed by atoms with Crippen LogP contribution in [0.5, 0.6) is 0 Å². The fraction of sp³-hybridized carbons (Fsp3) is 0.500. The summed E-state index contributed by atoms with van der Waals surface area (Å²) in [7, 11) is 0. The van der Waals surface area contributed by atoms with E-state index in [1.807, 2.05) is 20.8 Å². The van der Waals surface area contributed by atoms with Crippen LogP contribution in [0.1, 0.15) is 38.3 Å². The highest BCUT2D eigenvalue weighted by molar-refractivity contribution is 9.10. The summed E-state index contributed by atoms with van der Waals surface area (Å²) < 4.78 is 38.2. The van der Waals surface area contributed by atoms with Crippen molar-refractivity contribution in [3.05, 3.63) is 33.8 Å². The first-order valence-electron chi connectivity index (χ1n) is 5.05. The summed E-state index contributed by atoms with van der Waals surface area (Å²) >= 11 is 2.93. The smallest absolute Gasteiger partial charge is 0.166 e. The molecule has 0 aliphatic carbocycles. The molecule has 1 aromatic rings. The van der Waals surface area contributed by atoms with E-state index in [-0.39, 0.29) is 9.89 Å². The molecule has 0 heterocycles. The molecule has 1 rings (SSSR count). The fourth-order valence-corrected chi connectivity index (χ4v) is 1.84. The van der Waals surface area contributed by atoms with E-state index < -0.39 is 11.7 Å².